The Morgan fingerprint density at radius 2 is 1.61 bits per heavy atom. The van der Waals surface area contributed by atoms with Gasteiger partial charge in [0.15, 0.2) is 0 Å². The molecule has 0 saturated carbocycles. The third kappa shape index (κ3) is 6.00. The Kier molecular flexibility index (Phi) is 7.87. The Labute approximate surface area is 193 Å². The van der Waals surface area contributed by atoms with E-state index in [9.17, 15) is 14.4 Å². The van der Waals surface area contributed by atoms with Crippen molar-refractivity contribution in [2.75, 3.05) is 13.2 Å². The molecule has 0 fully saturated rings. The van der Waals surface area contributed by atoms with Crippen LogP contribution in [0.1, 0.15) is 44.2 Å². The highest BCUT2D eigenvalue weighted by molar-refractivity contribution is 5.87. The van der Waals surface area contributed by atoms with Gasteiger partial charge in [0.25, 0.3) is 0 Å². The Morgan fingerprint density at radius 3 is 2.15 bits per heavy atom. The van der Waals surface area contributed by atoms with Crippen LogP contribution >= 0.6 is 0 Å². The number of nitrogens with one attached hydrogen (secondary N) is 2. The first-order chi connectivity index (χ1) is 15.8. The molecule has 7 nitrogen and oxygen atoms in total. The molecule has 2 aromatic carbocycles. The first-order valence-electron chi connectivity index (χ1n) is 11.1. The van der Waals surface area contributed by atoms with Gasteiger partial charge in [0.1, 0.15) is 12.6 Å². The van der Waals surface area contributed by atoms with Gasteiger partial charge >= 0.3 is 12.1 Å². The fourth-order valence-corrected chi connectivity index (χ4v) is 4.00. The largest absolute Gasteiger partial charge is 0.478 e. The maximum atomic E-state index is 12.6. The van der Waals surface area contributed by atoms with Crippen molar-refractivity contribution in [2.45, 2.75) is 39.2 Å². The van der Waals surface area contributed by atoms with Crippen LogP contribution in [0.25, 0.3) is 11.1 Å². The Hall–Kier alpha value is -3.61. The zero-order valence-corrected chi connectivity index (χ0v) is 19.1. The number of carbonyl (C=O) groups is 3. The normalized spacial score (nSPS) is 13.8. The Morgan fingerprint density at radius 1 is 1.03 bits per heavy atom. The number of ether oxygens (including phenoxy) is 1. The summed E-state index contributed by atoms with van der Waals surface area (Å²) in [6.07, 6.45) is 1.19. The number of benzene rings is 2. The zero-order chi connectivity index (χ0) is 24.0. The molecule has 0 spiro atoms. The van der Waals surface area contributed by atoms with Gasteiger partial charge in [-0.05, 0) is 41.5 Å². The van der Waals surface area contributed by atoms with Crippen LogP contribution in [-0.2, 0) is 14.3 Å². The molecule has 0 aromatic heterocycles. The fraction of sp³-hybridized carbons (Fsp3) is 0.346. The van der Waals surface area contributed by atoms with Crippen LogP contribution in [0.3, 0.4) is 0 Å². The summed E-state index contributed by atoms with van der Waals surface area (Å²) in [7, 11) is 0. The molecular weight excluding hydrogens is 420 g/mol. The molecule has 7 heteroatoms. The van der Waals surface area contributed by atoms with Gasteiger partial charge in [-0.25, -0.2) is 9.59 Å². The van der Waals surface area contributed by atoms with Crippen LogP contribution < -0.4 is 10.6 Å². The van der Waals surface area contributed by atoms with E-state index < -0.39 is 18.1 Å². The van der Waals surface area contributed by atoms with E-state index in [2.05, 4.69) is 22.8 Å². The number of alkyl carbamates (subject to hydrolysis) is 1. The second-order valence-electron chi connectivity index (χ2n) is 8.59. The summed E-state index contributed by atoms with van der Waals surface area (Å²) in [4.78, 5) is 36.1. The zero-order valence-electron chi connectivity index (χ0n) is 19.1. The summed E-state index contributed by atoms with van der Waals surface area (Å²) in [5.41, 5.74) is 4.65. The molecule has 3 N–H and O–H groups in total. The van der Waals surface area contributed by atoms with Crippen molar-refractivity contribution in [3.05, 3.63) is 71.3 Å². The molecule has 2 aromatic rings. The van der Waals surface area contributed by atoms with E-state index in [-0.39, 0.29) is 36.5 Å². The third-order valence-corrected chi connectivity index (χ3v) is 5.68. The summed E-state index contributed by atoms with van der Waals surface area (Å²) in [6, 6.07) is 15.4. The third-order valence-electron chi connectivity index (χ3n) is 5.68. The first-order valence-corrected chi connectivity index (χ1v) is 11.1. The average Bonchev–Trinajstić information content (AvgIpc) is 3.10. The van der Waals surface area contributed by atoms with Crippen molar-refractivity contribution >= 4 is 18.0 Å². The van der Waals surface area contributed by atoms with Gasteiger partial charge in [-0.15, -0.1) is 0 Å². The number of hydrogen-bond acceptors (Lipinski definition) is 4. The Balaban J connectivity index is 1.62. The van der Waals surface area contributed by atoms with Crippen molar-refractivity contribution in [2.24, 2.45) is 5.92 Å². The Bertz CT molecular complexity index is 1010. The van der Waals surface area contributed by atoms with E-state index in [0.29, 0.717) is 6.42 Å². The SMILES string of the molecule is C/C(=C\CNC(=O)[C@@H](CC(C)C)NC(=O)OCC1c2ccccc2-c2ccccc21)C(=O)O. The minimum atomic E-state index is -1.04. The molecule has 1 aliphatic carbocycles. The highest BCUT2D eigenvalue weighted by Crippen LogP contribution is 2.44. The van der Waals surface area contributed by atoms with Crippen molar-refractivity contribution in [1.29, 1.82) is 0 Å². The summed E-state index contributed by atoms with van der Waals surface area (Å²) in [5, 5.41) is 14.2. The quantitative estimate of drug-likeness (QED) is 0.499. The smallest absolute Gasteiger partial charge is 0.407 e. The number of carboxylic acids is 1. The molecule has 0 bridgehead atoms. The number of rotatable bonds is 9. The second kappa shape index (κ2) is 10.8. The number of aliphatic carboxylic acids is 1. The molecule has 0 saturated heterocycles. The number of hydrogen-bond donors (Lipinski definition) is 3. The molecule has 1 atom stereocenters. The van der Waals surface area contributed by atoms with E-state index >= 15 is 0 Å². The summed E-state index contributed by atoms with van der Waals surface area (Å²) >= 11 is 0. The van der Waals surface area contributed by atoms with E-state index in [1.165, 1.54) is 13.0 Å². The molecule has 2 amide bonds. The standard InChI is InChI=1S/C26H30N2O5/c1-16(2)14-23(24(29)27-13-12-17(3)25(30)31)28-26(32)33-15-22-20-10-6-4-8-18(20)19-9-5-7-11-21(19)22/h4-12,16,22-23H,13-15H2,1-3H3,(H,27,29)(H,28,32)(H,30,31)/b17-12+/t23-/m1/s1. The summed E-state index contributed by atoms with van der Waals surface area (Å²) in [5.74, 6) is -1.33. The average molecular weight is 451 g/mol. The lowest BCUT2D eigenvalue weighted by atomic mass is 9.98. The topological polar surface area (TPSA) is 105 Å². The van der Waals surface area contributed by atoms with Crippen LogP contribution in [0, 0.1) is 5.92 Å². The van der Waals surface area contributed by atoms with Gasteiger partial charge in [0, 0.05) is 18.0 Å². The van der Waals surface area contributed by atoms with E-state index in [1.807, 2.05) is 50.2 Å². The molecule has 3 rings (SSSR count). The molecule has 0 heterocycles. The summed E-state index contributed by atoms with van der Waals surface area (Å²) < 4.78 is 5.56. The van der Waals surface area contributed by atoms with Crippen LogP contribution in [0.2, 0.25) is 0 Å². The van der Waals surface area contributed by atoms with E-state index in [1.54, 1.807) is 0 Å². The highest BCUT2D eigenvalue weighted by Gasteiger charge is 2.29. The van der Waals surface area contributed by atoms with E-state index in [4.69, 9.17) is 9.84 Å². The monoisotopic (exact) mass is 450 g/mol. The van der Waals surface area contributed by atoms with Crippen LogP contribution in [-0.4, -0.2) is 42.3 Å². The van der Waals surface area contributed by atoms with Crippen LogP contribution in [0.5, 0.6) is 0 Å². The second-order valence-corrected chi connectivity index (χ2v) is 8.59. The molecular formula is C26H30N2O5. The van der Waals surface area contributed by atoms with Gasteiger partial charge in [-0.1, -0.05) is 68.5 Å². The van der Waals surface area contributed by atoms with Crippen molar-refractivity contribution in [3.63, 3.8) is 0 Å². The van der Waals surface area contributed by atoms with E-state index in [0.717, 1.165) is 22.3 Å². The van der Waals surface area contributed by atoms with Gasteiger partial charge in [-0.3, -0.25) is 4.79 Å². The first kappa shape index (κ1) is 24.0. The van der Waals surface area contributed by atoms with Crippen LogP contribution in [0.4, 0.5) is 4.79 Å². The van der Waals surface area contributed by atoms with Gasteiger partial charge in [0.2, 0.25) is 5.91 Å². The lowest BCUT2D eigenvalue weighted by Crippen LogP contribution is -2.47. The lowest BCUT2D eigenvalue weighted by molar-refractivity contribution is -0.132. The van der Waals surface area contributed by atoms with Crippen molar-refractivity contribution in [3.8, 4) is 11.1 Å². The van der Waals surface area contributed by atoms with Crippen LogP contribution in [0.15, 0.2) is 60.2 Å². The molecule has 0 aliphatic heterocycles. The molecule has 1 aliphatic rings. The highest BCUT2D eigenvalue weighted by atomic mass is 16.5. The number of amides is 2. The van der Waals surface area contributed by atoms with Crippen molar-refractivity contribution in [1.82, 2.24) is 10.6 Å². The number of carbonyl (C=O) groups excluding carboxylic acids is 2. The number of fused-ring (bicyclic) bond motifs is 3. The molecule has 0 unspecified atom stereocenters. The minimum absolute atomic E-state index is 0.0651. The molecule has 174 valence electrons. The van der Waals surface area contributed by atoms with Crippen molar-refractivity contribution < 1.29 is 24.2 Å². The predicted octanol–water partition coefficient (Wildman–Crippen LogP) is 4.09. The van der Waals surface area contributed by atoms with Gasteiger partial charge in [-0.2, -0.15) is 0 Å². The number of carboxylic acid groups (broad SMARTS) is 1. The minimum Gasteiger partial charge on any atom is -0.478 e. The van der Waals surface area contributed by atoms with Gasteiger partial charge < -0.3 is 20.5 Å². The lowest BCUT2D eigenvalue weighted by Gasteiger charge is -2.21. The fourth-order valence-electron chi connectivity index (χ4n) is 4.00. The predicted molar refractivity (Wildman–Crippen MR) is 126 cm³/mol. The maximum absolute atomic E-state index is 12.6. The molecule has 33 heavy (non-hydrogen) atoms. The molecule has 0 radical (unpaired) electrons. The maximum Gasteiger partial charge on any atom is 0.407 e. The summed E-state index contributed by atoms with van der Waals surface area (Å²) in [6.45, 7) is 5.59. The van der Waals surface area contributed by atoms with Gasteiger partial charge in [0.05, 0.1) is 0 Å².